The van der Waals surface area contributed by atoms with E-state index < -0.39 is 10.7 Å². The Morgan fingerprint density at radius 3 is 2.60 bits per heavy atom. The van der Waals surface area contributed by atoms with Crippen molar-refractivity contribution in [2.24, 2.45) is 4.99 Å². The minimum Gasteiger partial charge on any atom is -0.378 e. The van der Waals surface area contributed by atoms with Gasteiger partial charge in [0.2, 0.25) is 0 Å². The fraction of sp³-hybridized carbons (Fsp3) is 0.238. The van der Waals surface area contributed by atoms with Crippen LogP contribution in [0.4, 0.5) is 15.8 Å². The van der Waals surface area contributed by atoms with Gasteiger partial charge in [-0.3, -0.25) is 14.9 Å². The molecule has 0 aliphatic carbocycles. The van der Waals surface area contributed by atoms with Gasteiger partial charge in [0, 0.05) is 49.6 Å². The number of fused-ring (bicyclic) bond motifs is 1. The maximum absolute atomic E-state index is 14.7. The van der Waals surface area contributed by atoms with E-state index in [1.54, 1.807) is 31.4 Å². The van der Waals surface area contributed by atoms with E-state index in [1.807, 2.05) is 4.90 Å². The van der Waals surface area contributed by atoms with Crippen molar-refractivity contribution in [3.8, 4) is 0 Å². The first-order valence-electron chi connectivity index (χ1n) is 9.40. The second-order valence-corrected chi connectivity index (χ2v) is 6.93. The summed E-state index contributed by atoms with van der Waals surface area (Å²) >= 11 is 0. The summed E-state index contributed by atoms with van der Waals surface area (Å²) in [7, 11) is 1.57. The first-order chi connectivity index (χ1) is 14.5. The molecule has 30 heavy (non-hydrogen) atoms. The zero-order valence-electron chi connectivity index (χ0n) is 16.2. The van der Waals surface area contributed by atoms with Crippen molar-refractivity contribution < 1.29 is 18.8 Å². The molecule has 0 N–H and O–H groups in total. The van der Waals surface area contributed by atoms with Crippen LogP contribution in [0.25, 0.3) is 0 Å². The number of ether oxygens (including phenoxy) is 1. The van der Waals surface area contributed by atoms with E-state index in [1.165, 1.54) is 29.2 Å². The summed E-state index contributed by atoms with van der Waals surface area (Å²) in [5.41, 5.74) is 1.02. The third kappa shape index (κ3) is 3.67. The van der Waals surface area contributed by atoms with Crippen LogP contribution in [0.5, 0.6) is 0 Å². The summed E-state index contributed by atoms with van der Waals surface area (Å²) in [6.07, 6.45) is 1.64. The maximum atomic E-state index is 14.7. The van der Waals surface area contributed by atoms with Gasteiger partial charge >= 0.3 is 0 Å². The number of aliphatic imine (C=N–C) groups is 1. The van der Waals surface area contributed by atoms with Crippen LogP contribution in [0.1, 0.15) is 11.1 Å². The number of amides is 1. The highest BCUT2D eigenvalue weighted by atomic mass is 19.1. The van der Waals surface area contributed by atoms with Gasteiger partial charge in [0.1, 0.15) is 11.5 Å². The van der Waals surface area contributed by atoms with Crippen molar-refractivity contribution >= 4 is 23.0 Å². The van der Waals surface area contributed by atoms with Gasteiger partial charge in [0.15, 0.2) is 0 Å². The van der Waals surface area contributed by atoms with Gasteiger partial charge in [0.05, 0.1) is 29.5 Å². The van der Waals surface area contributed by atoms with Crippen LogP contribution in [-0.2, 0) is 9.53 Å². The van der Waals surface area contributed by atoms with Crippen LogP contribution in [-0.4, -0.2) is 54.8 Å². The van der Waals surface area contributed by atoms with Crippen molar-refractivity contribution in [1.29, 1.82) is 0 Å². The lowest BCUT2D eigenvalue weighted by Crippen LogP contribution is -2.34. The molecule has 0 bridgehead atoms. The maximum Gasteiger partial charge on any atom is 0.278 e. The fourth-order valence-corrected chi connectivity index (χ4v) is 3.45. The molecular weight excluding hydrogens is 391 g/mol. The van der Waals surface area contributed by atoms with Gasteiger partial charge in [-0.2, -0.15) is 0 Å². The van der Waals surface area contributed by atoms with Crippen molar-refractivity contribution in [2.45, 2.75) is 0 Å². The van der Waals surface area contributed by atoms with Crippen LogP contribution in [0.3, 0.4) is 0 Å². The summed E-state index contributed by atoms with van der Waals surface area (Å²) in [5, 5.41) is 11.3. The normalized spacial score (nSPS) is 18.1. The number of nitro groups is 1. The number of benzodiazepines with no additional fused rings is 1. The number of anilines is 1. The zero-order valence-corrected chi connectivity index (χ0v) is 16.2. The average molecular weight is 410 g/mol. The molecule has 0 atom stereocenters. The monoisotopic (exact) mass is 410 g/mol. The molecule has 1 saturated heterocycles. The Balaban J connectivity index is 1.94. The fourth-order valence-electron chi connectivity index (χ4n) is 3.45. The number of hydrogen-bond donors (Lipinski definition) is 0. The van der Waals surface area contributed by atoms with Gasteiger partial charge in [-0.1, -0.05) is 12.1 Å². The summed E-state index contributed by atoms with van der Waals surface area (Å²) in [4.78, 5) is 31.7. The average Bonchev–Trinajstić information content (AvgIpc) is 2.85. The minimum absolute atomic E-state index is 0.122. The highest BCUT2D eigenvalue weighted by Crippen LogP contribution is 2.32. The third-order valence-corrected chi connectivity index (χ3v) is 5.04. The van der Waals surface area contributed by atoms with Crippen LogP contribution < -0.4 is 4.90 Å². The van der Waals surface area contributed by atoms with E-state index in [0.717, 1.165) is 0 Å². The number of non-ortho nitro benzene ring substituents is 1. The lowest BCUT2D eigenvalue weighted by molar-refractivity contribution is -0.384. The lowest BCUT2D eigenvalue weighted by Gasteiger charge is -2.26. The molecule has 8 nitrogen and oxygen atoms in total. The number of rotatable bonds is 3. The number of likely N-dealkylation sites (N-methyl/N-ethyl adjacent to an activating group) is 1. The van der Waals surface area contributed by atoms with Gasteiger partial charge < -0.3 is 14.5 Å². The molecule has 4 rings (SSSR count). The predicted octanol–water partition coefficient (Wildman–Crippen LogP) is 2.72. The SMILES string of the molecule is CN1C(=O)C(=CN2CCOCC2)N=C(c2ccccc2F)c2cc([N+](=O)[O-])ccc21. The van der Waals surface area contributed by atoms with Gasteiger partial charge in [-0.05, 0) is 18.2 Å². The molecule has 9 heteroatoms. The third-order valence-electron chi connectivity index (χ3n) is 5.04. The summed E-state index contributed by atoms with van der Waals surface area (Å²) < 4.78 is 20.0. The number of carbonyl (C=O) groups is 1. The second-order valence-electron chi connectivity index (χ2n) is 6.93. The van der Waals surface area contributed by atoms with E-state index in [9.17, 15) is 19.3 Å². The number of benzene rings is 2. The lowest BCUT2D eigenvalue weighted by atomic mass is 9.99. The number of morpholine rings is 1. The molecule has 0 radical (unpaired) electrons. The van der Waals surface area contributed by atoms with Crippen molar-refractivity contribution in [3.63, 3.8) is 0 Å². The second kappa shape index (κ2) is 8.03. The van der Waals surface area contributed by atoms with Crippen molar-refractivity contribution in [2.75, 3.05) is 38.3 Å². The van der Waals surface area contributed by atoms with E-state index in [4.69, 9.17) is 4.74 Å². The summed E-state index contributed by atoms with van der Waals surface area (Å²) in [5.74, 6) is -0.917. The number of hydrogen-bond acceptors (Lipinski definition) is 6. The standard InChI is InChI=1S/C21H19FN4O4/c1-24-19-7-6-14(26(28)29)12-16(19)20(15-4-2-3-5-17(15)22)23-18(21(24)27)13-25-8-10-30-11-9-25/h2-7,12-13H,8-11H2,1H3. The number of nitrogens with zero attached hydrogens (tertiary/aromatic N) is 4. The Hall–Kier alpha value is -3.59. The molecule has 0 aromatic heterocycles. The number of nitro benzene ring substituents is 1. The molecule has 2 aromatic carbocycles. The van der Waals surface area contributed by atoms with E-state index in [2.05, 4.69) is 4.99 Å². The van der Waals surface area contributed by atoms with E-state index >= 15 is 0 Å². The molecule has 1 fully saturated rings. The predicted molar refractivity (Wildman–Crippen MR) is 109 cm³/mol. The number of carbonyl (C=O) groups excluding carboxylic acids is 1. The smallest absolute Gasteiger partial charge is 0.278 e. The molecule has 2 heterocycles. The van der Waals surface area contributed by atoms with Crippen molar-refractivity contribution in [3.05, 3.63) is 81.4 Å². The highest BCUT2D eigenvalue weighted by Gasteiger charge is 2.29. The van der Waals surface area contributed by atoms with Crippen molar-refractivity contribution in [1.82, 2.24) is 4.90 Å². The van der Waals surface area contributed by atoms with E-state index in [-0.39, 0.29) is 28.6 Å². The Bertz CT molecular complexity index is 1080. The topological polar surface area (TPSA) is 88.3 Å². The largest absolute Gasteiger partial charge is 0.378 e. The van der Waals surface area contributed by atoms with Crippen LogP contribution >= 0.6 is 0 Å². The molecule has 0 spiro atoms. The molecule has 2 aromatic rings. The highest BCUT2D eigenvalue weighted by molar-refractivity contribution is 6.22. The van der Waals surface area contributed by atoms with Gasteiger partial charge in [-0.25, -0.2) is 9.38 Å². The Kier molecular flexibility index (Phi) is 5.28. The molecule has 2 aliphatic heterocycles. The molecule has 1 amide bonds. The van der Waals surface area contributed by atoms with Gasteiger partial charge in [-0.15, -0.1) is 0 Å². The summed E-state index contributed by atoms with van der Waals surface area (Å²) in [6, 6.07) is 10.2. The first kappa shape index (κ1) is 19.7. The van der Waals surface area contributed by atoms with Crippen LogP contribution in [0, 0.1) is 15.9 Å². The molecule has 0 unspecified atom stereocenters. The zero-order chi connectivity index (χ0) is 21.3. The first-order valence-corrected chi connectivity index (χ1v) is 9.40. The molecule has 154 valence electrons. The molecule has 2 aliphatic rings. The Labute approximate surface area is 172 Å². The Morgan fingerprint density at radius 2 is 1.90 bits per heavy atom. The quantitative estimate of drug-likeness (QED) is 0.441. The minimum atomic E-state index is -0.531. The summed E-state index contributed by atoms with van der Waals surface area (Å²) in [6.45, 7) is 2.27. The molecule has 0 saturated carbocycles. The van der Waals surface area contributed by atoms with Gasteiger partial charge in [0.25, 0.3) is 11.6 Å². The van der Waals surface area contributed by atoms with Crippen LogP contribution in [0.15, 0.2) is 59.4 Å². The van der Waals surface area contributed by atoms with Crippen LogP contribution in [0.2, 0.25) is 0 Å². The number of halogens is 1. The van der Waals surface area contributed by atoms with E-state index in [0.29, 0.717) is 37.6 Å². The Morgan fingerprint density at radius 1 is 1.17 bits per heavy atom. The molecular formula is C21H19FN4O4.